The molecule has 0 unspecified atom stereocenters. The molecular formula is C18H29N5O2. The van der Waals surface area contributed by atoms with Gasteiger partial charge in [0.15, 0.2) is 0 Å². The minimum atomic E-state index is -0.241. The molecule has 1 aromatic heterocycles. The Morgan fingerprint density at radius 3 is 2.60 bits per heavy atom. The van der Waals surface area contributed by atoms with Crippen molar-refractivity contribution >= 4 is 11.8 Å². The summed E-state index contributed by atoms with van der Waals surface area (Å²) in [6.45, 7) is 7.10. The van der Waals surface area contributed by atoms with E-state index in [0.717, 1.165) is 31.5 Å². The van der Waals surface area contributed by atoms with E-state index < -0.39 is 0 Å². The maximum Gasteiger partial charge on any atom is 0.239 e. The Labute approximate surface area is 149 Å². The number of piperidine rings is 1. The van der Waals surface area contributed by atoms with Crippen LogP contribution in [0.2, 0.25) is 0 Å². The van der Waals surface area contributed by atoms with Gasteiger partial charge in [0.05, 0.1) is 18.8 Å². The maximum atomic E-state index is 12.9. The van der Waals surface area contributed by atoms with Gasteiger partial charge in [-0.25, -0.2) is 0 Å². The second kappa shape index (κ2) is 7.56. The van der Waals surface area contributed by atoms with Gasteiger partial charge >= 0.3 is 0 Å². The van der Waals surface area contributed by atoms with Crippen LogP contribution in [-0.4, -0.2) is 63.1 Å². The van der Waals surface area contributed by atoms with Gasteiger partial charge < -0.3 is 10.6 Å². The van der Waals surface area contributed by atoms with Crippen LogP contribution in [0.5, 0.6) is 0 Å². The first-order chi connectivity index (χ1) is 12.0. The second-order valence-corrected chi connectivity index (χ2v) is 7.45. The van der Waals surface area contributed by atoms with Crippen LogP contribution in [-0.2, 0) is 16.1 Å². The minimum absolute atomic E-state index is 0.0815. The Hall–Kier alpha value is -1.89. The third-order valence-corrected chi connectivity index (χ3v) is 5.65. The highest BCUT2D eigenvalue weighted by Crippen LogP contribution is 2.24. The van der Waals surface area contributed by atoms with Crippen LogP contribution in [0.25, 0.3) is 0 Å². The van der Waals surface area contributed by atoms with E-state index in [-0.39, 0.29) is 23.8 Å². The molecule has 2 saturated heterocycles. The molecular weight excluding hydrogens is 318 g/mol. The highest BCUT2D eigenvalue weighted by atomic mass is 16.2. The minimum Gasteiger partial charge on any atom is -0.369 e. The first kappa shape index (κ1) is 17.9. The van der Waals surface area contributed by atoms with E-state index >= 15 is 0 Å². The lowest BCUT2D eigenvalue weighted by atomic mass is 9.96. The van der Waals surface area contributed by atoms with E-state index in [4.69, 9.17) is 5.73 Å². The molecule has 7 nitrogen and oxygen atoms in total. The Bertz CT molecular complexity index is 621. The van der Waals surface area contributed by atoms with Gasteiger partial charge in [0, 0.05) is 31.2 Å². The molecule has 3 rings (SSSR count). The molecule has 0 aromatic carbocycles. The van der Waals surface area contributed by atoms with E-state index in [1.807, 2.05) is 29.6 Å². The molecule has 2 amide bonds. The van der Waals surface area contributed by atoms with Crippen molar-refractivity contribution in [2.45, 2.75) is 58.2 Å². The van der Waals surface area contributed by atoms with Crippen molar-refractivity contribution in [3.05, 3.63) is 18.0 Å². The predicted octanol–water partition coefficient (Wildman–Crippen LogP) is 0.768. The van der Waals surface area contributed by atoms with Crippen LogP contribution in [0, 0.1) is 12.8 Å². The number of aromatic nitrogens is 2. The summed E-state index contributed by atoms with van der Waals surface area (Å²) in [5, 5.41) is 4.38. The summed E-state index contributed by atoms with van der Waals surface area (Å²) < 4.78 is 1.98. The van der Waals surface area contributed by atoms with Gasteiger partial charge in [-0.05, 0) is 51.6 Å². The Kier molecular flexibility index (Phi) is 5.42. The van der Waals surface area contributed by atoms with Gasteiger partial charge in [0.1, 0.15) is 0 Å². The van der Waals surface area contributed by atoms with E-state index in [0.29, 0.717) is 32.0 Å². The van der Waals surface area contributed by atoms with E-state index in [1.165, 1.54) is 0 Å². The van der Waals surface area contributed by atoms with Gasteiger partial charge in [-0.3, -0.25) is 19.2 Å². The zero-order valence-electron chi connectivity index (χ0n) is 15.2. The molecule has 0 bridgehead atoms. The van der Waals surface area contributed by atoms with Gasteiger partial charge in [-0.2, -0.15) is 5.10 Å². The standard InChI is InChI=1S/C18H29N5O2/c1-13-10-20-22(11-13)12-16-4-3-7-23(16)14(2)18(25)21-8-5-15(6-9-21)17(19)24/h10-11,14-16H,3-9,12H2,1-2H3,(H2,19,24)/t14-,16+/m1/s1. The Morgan fingerprint density at radius 2 is 2.00 bits per heavy atom. The van der Waals surface area contributed by atoms with Crippen molar-refractivity contribution in [3.63, 3.8) is 0 Å². The number of primary amides is 1. The molecule has 2 aliphatic rings. The summed E-state index contributed by atoms with van der Waals surface area (Å²) in [5.41, 5.74) is 6.54. The summed E-state index contributed by atoms with van der Waals surface area (Å²) in [6, 6.07) is 0.218. The number of hydrogen-bond donors (Lipinski definition) is 1. The summed E-state index contributed by atoms with van der Waals surface area (Å²) in [4.78, 5) is 28.4. The average molecular weight is 347 g/mol. The molecule has 3 heterocycles. The predicted molar refractivity (Wildman–Crippen MR) is 94.7 cm³/mol. The molecule has 0 radical (unpaired) electrons. The van der Waals surface area contributed by atoms with Crippen LogP contribution in [0.4, 0.5) is 0 Å². The van der Waals surface area contributed by atoms with Crippen molar-refractivity contribution in [3.8, 4) is 0 Å². The van der Waals surface area contributed by atoms with E-state index in [1.54, 1.807) is 0 Å². The van der Waals surface area contributed by atoms with Crippen LogP contribution in [0.1, 0.15) is 38.2 Å². The lowest BCUT2D eigenvalue weighted by Gasteiger charge is -2.36. The second-order valence-electron chi connectivity index (χ2n) is 7.45. The van der Waals surface area contributed by atoms with Crippen LogP contribution < -0.4 is 5.73 Å². The largest absolute Gasteiger partial charge is 0.369 e. The van der Waals surface area contributed by atoms with Gasteiger partial charge in [-0.1, -0.05) is 0 Å². The summed E-state index contributed by atoms with van der Waals surface area (Å²) >= 11 is 0. The third-order valence-electron chi connectivity index (χ3n) is 5.65. The smallest absolute Gasteiger partial charge is 0.239 e. The van der Waals surface area contributed by atoms with Crippen LogP contribution in [0.15, 0.2) is 12.4 Å². The molecule has 2 fully saturated rings. The average Bonchev–Trinajstić information content (AvgIpc) is 3.23. The number of carbonyl (C=O) groups excluding carboxylic acids is 2. The highest BCUT2D eigenvalue weighted by molar-refractivity contribution is 5.82. The Morgan fingerprint density at radius 1 is 1.28 bits per heavy atom. The lowest BCUT2D eigenvalue weighted by molar-refractivity contribution is -0.139. The SMILES string of the molecule is Cc1cnn(C[C@@H]2CCCN2[C@H](C)C(=O)N2CCC(C(N)=O)CC2)c1. The Balaban J connectivity index is 1.58. The molecule has 2 aliphatic heterocycles. The van der Waals surface area contributed by atoms with Crippen molar-refractivity contribution < 1.29 is 9.59 Å². The lowest BCUT2D eigenvalue weighted by Crippen LogP contribution is -2.52. The van der Waals surface area contributed by atoms with Gasteiger partial charge in [0.25, 0.3) is 0 Å². The summed E-state index contributed by atoms with van der Waals surface area (Å²) in [7, 11) is 0. The fourth-order valence-corrected chi connectivity index (χ4v) is 4.14. The number of hydrogen-bond acceptors (Lipinski definition) is 4. The van der Waals surface area contributed by atoms with Crippen molar-refractivity contribution in [1.82, 2.24) is 19.6 Å². The van der Waals surface area contributed by atoms with Gasteiger partial charge in [0.2, 0.25) is 11.8 Å². The van der Waals surface area contributed by atoms with Crippen LogP contribution in [0.3, 0.4) is 0 Å². The normalized spacial score (nSPS) is 23.8. The molecule has 0 aliphatic carbocycles. The number of amides is 2. The monoisotopic (exact) mass is 347 g/mol. The first-order valence-electron chi connectivity index (χ1n) is 9.28. The maximum absolute atomic E-state index is 12.9. The fourth-order valence-electron chi connectivity index (χ4n) is 4.14. The zero-order valence-corrected chi connectivity index (χ0v) is 15.2. The molecule has 25 heavy (non-hydrogen) atoms. The fraction of sp³-hybridized carbons (Fsp3) is 0.722. The van der Waals surface area contributed by atoms with E-state index in [2.05, 4.69) is 16.2 Å². The highest BCUT2D eigenvalue weighted by Gasteiger charge is 2.35. The van der Waals surface area contributed by atoms with E-state index in [9.17, 15) is 9.59 Å². The number of nitrogens with zero attached hydrogens (tertiary/aromatic N) is 4. The summed E-state index contributed by atoms with van der Waals surface area (Å²) in [6.07, 6.45) is 7.51. The number of carbonyl (C=O) groups is 2. The van der Waals surface area contributed by atoms with Crippen LogP contribution >= 0.6 is 0 Å². The third kappa shape index (κ3) is 4.03. The van der Waals surface area contributed by atoms with Crippen molar-refractivity contribution in [1.29, 1.82) is 0 Å². The molecule has 7 heteroatoms. The molecule has 138 valence electrons. The molecule has 2 N–H and O–H groups in total. The zero-order chi connectivity index (χ0) is 18.0. The molecule has 0 spiro atoms. The van der Waals surface area contributed by atoms with Crippen molar-refractivity contribution in [2.24, 2.45) is 11.7 Å². The number of rotatable bonds is 5. The first-order valence-corrected chi connectivity index (χ1v) is 9.28. The molecule has 2 atom stereocenters. The topological polar surface area (TPSA) is 84.5 Å². The van der Waals surface area contributed by atoms with Crippen molar-refractivity contribution in [2.75, 3.05) is 19.6 Å². The number of nitrogens with two attached hydrogens (primary N) is 1. The number of likely N-dealkylation sites (tertiary alicyclic amines) is 2. The van der Waals surface area contributed by atoms with Gasteiger partial charge in [-0.15, -0.1) is 0 Å². The molecule has 0 saturated carbocycles. The quantitative estimate of drug-likeness (QED) is 0.852. The number of aryl methyl sites for hydroxylation is 1. The summed E-state index contributed by atoms with van der Waals surface area (Å²) in [5.74, 6) is -0.150. The molecule has 1 aromatic rings.